The van der Waals surface area contributed by atoms with Crippen LogP contribution in [0.3, 0.4) is 0 Å². The molecule has 0 heterocycles. The largest absolute Gasteiger partial charge is 0.478 e. The van der Waals surface area contributed by atoms with Crippen LogP contribution in [-0.4, -0.2) is 122 Å². The van der Waals surface area contributed by atoms with Crippen LogP contribution in [0.15, 0.2) is 84.9 Å². The Balaban J connectivity index is 0.000000307. The number of rotatable bonds is 18. The summed E-state index contributed by atoms with van der Waals surface area (Å²) in [5.74, 6) is -13.3. The van der Waals surface area contributed by atoms with Gasteiger partial charge in [-0.05, 0) is 118 Å². The molecular weight excluding hydrogens is 1020 g/mol. The number of hydrogen-bond donors (Lipinski definition) is 12. The van der Waals surface area contributed by atoms with Gasteiger partial charge in [0, 0.05) is 37.2 Å². The Labute approximate surface area is 441 Å². The number of hydrogen-bond acceptors (Lipinski definition) is 12. The molecule has 3 atom stereocenters. The number of fused-ring (bicyclic) bond motifs is 2. The average Bonchev–Trinajstić information content (AvgIpc) is 4.06. The molecule has 404 valence electrons. The van der Waals surface area contributed by atoms with Gasteiger partial charge >= 0.3 is 35.8 Å². The first-order valence-electron chi connectivity index (χ1n) is 23.8. The third-order valence-corrected chi connectivity index (χ3v) is 13.0. The van der Waals surface area contributed by atoms with Crippen LogP contribution in [0.25, 0.3) is 0 Å². The lowest BCUT2D eigenvalue weighted by Crippen LogP contribution is -2.33. The van der Waals surface area contributed by atoms with Gasteiger partial charge in [-0.1, -0.05) is 30.2 Å². The van der Waals surface area contributed by atoms with Gasteiger partial charge in [-0.3, -0.25) is 28.8 Å². The van der Waals surface area contributed by atoms with Gasteiger partial charge in [-0.2, -0.15) is 0 Å². The molecule has 2 aliphatic carbocycles. The Morgan fingerprint density at radius 3 is 1.13 bits per heavy atom. The van der Waals surface area contributed by atoms with Crippen LogP contribution in [0.1, 0.15) is 162 Å². The van der Waals surface area contributed by atoms with E-state index in [0.717, 1.165) is 61.6 Å². The van der Waals surface area contributed by atoms with Crippen LogP contribution < -0.4 is 31.9 Å². The van der Waals surface area contributed by atoms with Gasteiger partial charge in [0.05, 0.1) is 66.8 Å². The highest BCUT2D eigenvalue weighted by Crippen LogP contribution is 2.48. The van der Waals surface area contributed by atoms with E-state index in [1.54, 1.807) is 31.2 Å². The highest BCUT2D eigenvalue weighted by Gasteiger charge is 2.39. The Hall–Kier alpha value is -10.3. The first kappa shape index (κ1) is 57.0. The maximum Gasteiger partial charge on any atom is 0.336 e. The molecule has 6 amide bonds. The maximum atomic E-state index is 13.4. The van der Waals surface area contributed by atoms with E-state index in [1.807, 2.05) is 6.92 Å². The second-order valence-electron chi connectivity index (χ2n) is 18.1. The summed E-state index contributed by atoms with van der Waals surface area (Å²) >= 11 is 0. The predicted octanol–water partition coefficient (Wildman–Crippen LogP) is 5.90. The molecule has 78 heavy (non-hydrogen) atoms. The van der Waals surface area contributed by atoms with E-state index in [9.17, 15) is 88.2 Å². The van der Waals surface area contributed by atoms with E-state index in [4.69, 9.17) is 0 Å². The summed E-state index contributed by atoms with van der Waals surface area (Å²) in [6.45, 7) is 4.07. The molecule has 3 unspecified atom stereocenters. The summed E-state index contributed by atoms with van der Waals surface area (Å²) in [7, 11) is 1.22. The molecule has 0 radical (unpaired) electrons. The molecule has 5 aromatic carbocycles. The van der Waals surface area contributed by atoms with Crippen LogP contribution in [0.5, 0.6) is 0 Å². The molecule has 0 saturated heterocycles. The van der Waals surface area contributed by atoms with E-state index < -0.39 is 127 Å². The monoisotopic (exact) mass is 1070 g/mol. The number of nitrogens with one attached hydrogen (secondary N) is 6. The molecule has 2 fully saturated rings. The zero-order chi connectivity index (χ0) is 57.3. The molecule has 2 aliphatic rings. The van der Waals surface area contributed by atoms with Crippen molar-refractivity contribution in [2.45, 2.75) is 39.5 Å². The number of aromatic carboxylic acids is 6. The predicted molar refractivity (Wildman–Crippen MR) is 275 cm³/mol. The van der Waals surface area contributed by atoms with Crippen LogP contribution in [0.2, 0.25) is 0 Å². The number of carboxylic acids is 6. The van der Waals surface area contributed by atoms with E-state index in [-0.39, 0.29) is 35.0 Å². The number of aryl methyl sites for hydroxylation is 1. The van der Waals surface area contributed by atoms with Crippen molar-refractivity contribution < 1.29 is 88.2 Å². The van der Waals surface area contributed by atoms with Crippen LogP contribution in [0, 0.1) is 24.7 Å². The van der Waals surface area contributed by atoms with Crippen molar-refractivity contribution in [3.05, 3.63) is 157 Å². The zero-order valence-corrected chi connectivity index (χ0v) is 41.6. The molecule has 0 spiro atoms. The number of carboxylic acid groups (broad SMARTS) is 6. The van der Waals surface area contributed by atoms with Crippen LogP contribution in [0.4, 0.5) is 17.1 Å². The number of carbonyl (C=O) groups excluding carboxylic acids is 6. The number of carbonyl (C=O) groups is 12. The Bertz CT molecular complexity index is 3350. The lowest BCUT2D eigenvalue weighted by atomic mass is 9.88. The Morgan fingerprint density at radius 2 is 0.782 bits per heavy atom. The molecule has 7 rings (SSSR count). The molecule has 24 heteroatoms. The van der Waals surface area contributed by atoms with E-state index in [2.05, 4.69) is 31.9 Å². The van der Waals surface area contributed by atoms with E-state index >= 15 is 0 Å². The van der Waals surface area contributed by atoms with Gasteiger partial charge in [0.25, 0.3) is 35.4 Å². The van der Waals surface area contributed by atoms with Crippen LogP contribution >= 0.6 is 0 Å². The summed E-state index contributed by atoms with van der Waals surface area (Å²) in [6, 6.07) is 17.1. The smallest absolute Gasteiger partial charge is 0.336 e. The van der Waals surface area contributed by atoms with Gasteiger partial charge in [-0.15, -0.1) is 0 Å². The van der Waals surface area contributed by atoms with Crippen molar-refractivity contribution in [1.29, 1.82) is 0 Å². The fourth-order valence-corrected chi connectivity index (χ4v) is 9.23. The van der Waals surface area contributed by atoms with Crippen molar-refractivity contribution in [3.8, 4) is 0 Å². The van der Waals surface area contributed by atoms with Gasteiger partial charge in [0.1, 0.15) is 0 Å². The summed E-state index contributed by atoms with van der Waals surface area (Å²) in [4.78, 5) is 148. The highest BCUT2D eigenvalue weighted by atomic mass is 16.4. The molecule has 2 bridgehead atoms. The lowest BCUT2D eigenvalue weighted by Gasteiger charge is -2.22. The highest BCUT2D eigenvalue weighted by molar-refractivity contribution is 6.18. The Kier molecular flexibility index (Phi) is 17.8. The topological polar surface area (TPSA) is 398 Å². The minimum Gasteiger partial charge on any atom is -0.478 e. The van der Waals surface area contributed by atoms with E-state index in [0.29, 0.717) is 30.1 Å². The zero-order valence-electron chi connectivity index (χ0n) is 41.6. The molecule has 2 saturated carbocycles. The van der Waals surface area contributed by atoms with E-state index in [1.165, 1.54) is 31.3 Å². The van der Waals surface area contributed by atoms with Gasteiger partial charge < -0.3 is 62.5 Å². The molecule has 12 N–H and O–H groups in total. The quantitative estimate of drug-likeness (QED) is 0.0485. The standard InChI is InChI=1S/C35H32N4O12.C19H18N2O6/c1-36-28(40)20-10-22(26(34(48)49)12-24(20)32(44)45)30(42)38-18-3-2-4-19(9-18)39-31(43)23-11-21(25(33(46)47)13-27(23)35(50)51)29(41)37-14-17-8-15-5-6-16(17)7-15;1-3-20-16(22)12-8-13(15(19(26)27)9-14(12)18(24)25)17(23)21-11-6-4-10(2)5-7-11/h2-4,9-13,15-17H,5-8,14H2,1H3,(H,36,40)(H,37,41)(H,38,42)(H,39,43)(H,44,45)(H,46,47)(H,48,49)(H,50,51);4-9H,3H2,1-2H3,(H,20,22)(H,21,23)(H,24,25)(H,26,27). The van der Waals surface area contributed by atoms with Crippen molar-refractivity contribution >= 4 is 88.3 Å². The van der Waals surface area contributed by atoms with Crippen LogP contribution in [-0.2, 0) is 0 Å². The van der Waals surface area contributed by atoms with Gasteiger partial charge in [-0.25, -0.2) is 28.8 Å². The number of benzene rings is 5. The number of anilines is 3. The fourth-order valence-electron chi connectivity index (χ4n) is 9.23. The summed E-state index contributed by atoms with van der Waals surface area (Å²) < 4.78 is 0. The van der Waals surface area contributed by atoms with Crippen molar-refractivity contribution in [2.24, 2.45) is 17.8 Å². The van der Waals surface area contributed by atoms with Crippen molar-refractivity contribution in [3.63, 3.8) is 0 Å². The third-order valence-electron chi connectivity index (χ3n) is 13.0. The fraction of sp³-hybridized carbons (Fsp3) is 0.222. The maximum absolute atomic E-state index is 13.4. The summed E-state index contributed by atoms with van der Waals surface area (Å²) in [5.41, 5.74) is -4.76. The molecular formula is C54H50N6O18. The first-order valence-corrected chi connectivity index (χ1v) is 23.8. The molecule has 5 aromatic rings. The lowest BCUT2D eigenvalue weighted by molar-refractivity contribution is 0.0672. The first-order chi connectivity index (χ1) is 36.9. The normalized spacial score (nSPS) is 14.8. The second-order valence-corrected chi connectivity index (χ2v) is 18.1. The summed E-state index contributed by atoms with van der Waals surface area (Å²) in [5, 5.41) is 72.3. The molecule has 24 nitrogen and oxygen atoms in total. The Morgan fingerprint density at radius 1 is 0.423 bits per heavy atom. The summed E-state index contributed by atoms with van der Waals surface area (Å²) in [6.07, 6.45) is 4.26. The van der Waals surface area contributed by atoms with Gasteiger partial charge in [0.15, 0.2) is 0 Å². The second kappa shape index (κ2) is 24.4. The minimum atomic E-state index is -1.64. The van der Waals surface area contributed by atoms with Crippen molar-refractivity contribution in [2.75, 3.05) is 36.1 Å². The molecule has 0 aromatic heterocycles. The SMILES string of the molecule is CCNC(=O)c1cc(C(=O)Nc2ccc(C)cc2)c(C(=O)O)cc1C(=O)O.CNC(=O)c1cc(C(=O)Nc2cccc(NC(=O)c3cc(C(=O)NCC4CC5CCC4C5)c(C(=O)O)cc3C(=O)O)c2)c(C(=O)O)cc1C(=O)O. The molecule has 0 aliphatic heterocycles. The number of amides is 6. The van der Waals surface area contributed by atoms with Crippen molar-refractivity contribution in [1.82, 2.24) is 16.0 Å². The minimum absolute atomic E-state index is 0.00157. The average molecular weight is 1070 g/mol. The third kappa shape index (κ3) is 13.2. The van der Waals surface area contributed by atoms with Gasteiger partial charge in [0.2, 0.25) is 0 Å².